The van der Waals surface area contributed by atoms with Crippen molar-refractivity contribution in [2.24, 2.45) is 16.6 Å². The van der Waals surface area contributed by atoms with E-state index in [9.17, 15) is 0 Å². The number of hydrogen-bond acceptors (Lipinski definition) is 2. The van der Waals surface area contributed by atoms with Crippen LogP contribution in [0.4, 0.5) is 0 Å². The van der Waals surface area contributed by atoms with Crippen molar-refractivity contribution in [2.75, 3.05) is 0 Å². The summed E-state index contributed by atoms with van der Waals surface area (Å²) in [6, 6.07) is 0.516. The van der Waals surface area contributed by atoms with Crippen LogP contribution in [0.5, 0.6) is 0 Å². The molecule has 0 aromatic heterocycles. The van der Waals surface area contributed by atoms with Gasteiger partial charge in [0.25, 0.3) is 0 Å². The van der Waals surface area contributed by atoms with Crippen molar-refractivity contribution in [3.8, 4) is 0 Å². The Morgan fingerprint density at radius 2 is 2.00 bits per heavy atom. The predicted octanol–water partition coefficient (Wildman–Crippen LogP) is 3.53. The molecule has 0 aromatic rings. The molecule has 0 aromatic carbocycles. The van der Waals surface area contributed by atoms with Crippen molar-refractivity contribution < 1.29 is 0 Å². The molecule has 1 rings (SSSR count). The van der Waals surface area contributed by atoms with Crippen LogP contribution in [0.3, 0.4) is 0 Å². The Hall–Kier alpha value is -0.240. The molecule has 0 fully saturated rings. The van der Waals surface area contributed by atoms with Crippen molar-refractivity contribution in [1.82, 2.24) is 0 Å². The highest BCUT2D eigenvalue weighted by Gasteiger charge is 2.15. The number of amidine groups is 1. The molecule has 1 aliphatic rings. The molecule has 0 radical (unpaired) electrons. The maximum Gasteiger partial charge on any atom is 0.0940 e. The smallest absolute Gasteiger partial charge is 0.0940 e. The van der Waals surface area contributed by atoms with E-state index in [-0.39, 0.29) is 12.4 Å². The lowest BCUT2D eigenvalue weighted by atomic mass is 9.93. The topological polar surface area (TPSA) is 38.4 Å². The maximum absolute atomic E-state index is 5.83. The third kappa shape index (κ3) is 5.41. The van der Waals surface area contributed by atoms with Gasteiger partial charge in [-0.1, -0.05) is 33.1 Å². The Kier molecular flexibility index (Phi) is 7.85. The first-order chi connectivity index (χ1) is 6.76. The zero-order valence-electron chi connectivity index (χ0n) is 10.0. The van der Waals surface area contributed by atoms with Gasteiger partial charge in [0.05, 0.1) is 11.9 Å². The Morgan fingerprint density at radius 1 is 1.33 bits per heavy atom. The first-order valence-corrected chi connectivity index (χ1v) is 6.08. The van der Waals surface area contributed by atoms with E-state index < -0.39 is 0 Å². The van der Waals surface area contributed by atoms with Crippen molar-refractivity contribution in [3.05, 3.63) is 0 Å². The van der Waals surface area contributed by atoms with E-state index in [1.54, 1.807) is 0 Å². The molecule has 0 aliphatic carbocycles. The van der Waals surface area contributed by atoms with Gasteiger partial charge in [0.1, 0.15) is 0 Å². The van der Waals surface area contributed by atoms with Gasteiger partial charge in [-0.3, -0.25) is 4.99 Å². The standard InChI is InChI=1S/C12H24N2.ClH/c1-3-10(4-2)9-11-7-5-6-8-12(13)14-11;/h10-11H,3-9H2,1-2H3,(H2,13,14);1H. The highest BCUT2D eigenvalue weighted by Crippen LogP contribution is 2.22. The number of nitrogens with zero attached hydrogens (tertiary/aromatic N) is 1. The molecule has 0 saturated carbocycles. The largest absolute Gasteiger partial charge is 0.387 e. The number of aliphatic imine (C=N–C) groups is 1. The van der Waals surface area contributed by atoms with Gasteiger partial charge in [-0.25, -0.2) is 0 Å². The third-order valence-corrected chi connectivity index (χ3v) is 3.33. The molecule has 0 bridgehead atoms. The lowest BCUT2D eigenvalue weighted by Gasteiger charge is -2.17. The van der Waals surface area contributed by atoms with Gasteiger partial charge in [0.2, 0.25) is 0 Å². The molecule has 3 heteroatoms. The summed E-state index contributed by atoms with van der Waals surface area (Å²) in [7, 11) is 0. The summed E-state index contributed by atoms with van der Waals surface area (Å²) in [5, 5.41) is 0. The van der Waals surface area contributed by atoms with Crippen LogP contribution in [-0.2, 0) is 0 Å². The molecule has 1 heterocycles. The summed E-state index contributed by atoms with van der Waals surface area (Å²) in [5.74, 6) is 1.73. The Balaban J connectivity index is 0.00000196. The van der Waals surface area contributed by atoms with Crippen LogP contribution in [0.25, 0.3) is 0 Å². The fourth-order valence-corrected chi connectivity index (χ4v) is 2.23. The number of rotatable bonds is 4. The van der Waals surface area contributed by atoms with E-state index >= 15 is 0 Å². The fourth-order valence-electron chi connectivity index (χ4n) is 2.23. The van der Waals surface area contributed by atoms with E-state index in [0.29, 0.717) is 6.04 Å². The summed E-state index contributed by atoms with van der Waals surface area (Å²) < 4.78 is 0. The molecule has 15 heavy (non-hydrogen) atoms. The second-order valence-corrected chi connectivity index (χ2v) is 4.44. The van der Waals surface area contributed by atoms with E-state index in [1.165, 1.54) is 38.5 Å². The molecule has 0 saturated heterocycles. The first-order valence-electron chi connectivity index (χ1n) is 6.08. The van der Waals surface area contributed by atoms with Crippen LogP contribution >= 0.6 is 12.4 Å². The van der Waals surface area contributed by atoms with Crippen LogP contribution in [-0.4, -0.2) is 11.9 Å². The van der Waals surface area contributed by atoms with Crippen LogP contribution in [0, 0.1) is 5.92 Å². The maximum atomic E-state index is 5.83. The molecule has 2 N–H and O–H groups in total. The van der Waals surface area contributed by atoms with Crippen molar-refractivity contribution in [3.63, 3.8) is 0 Å². The Labute approximate surface area is 100 Å². The second kappa shape index (κ2) is 7.98. The lowest BCUT2D eigenvalue weighted by Crippen LogP contribution is -2.16. The Morgan fingerprint density at radius 3 is 2.60 bits per heavy atom. The molecular formula is C12H25ClN2. The average molecular weight is 233 g/mol. The van der Waals surface area contributed by atoms with E-state index in [0.717, 1.165) is 18.2 Å². The van der Waals surface area contributed by atoms with Gasteiger partial charge in [-0.15, -0.1) is 12.4 Å². The number of halogens is 1. The van der Waals surface area contributed by atoms with Gasteiger partial charge in [-0.05, 0) is 25.2 Å². The summed E-state index contributed by atoms with van der Waals surface area (Å²) in [4.78, 5) is 4.61. The first kappa shape index (κ1) is 14.8. The van der Waals surface area contributed by atoms with Crippen molar-refractivity contribution in [2.45, 2.75) is 64.8 Å². The molecule has 0 amide bonds. The van der Waals surface area contributed by atoms with Gasteiger partial charge < -0.3 is 5.73 Å². The molecular weight excluding hydrogens is 208 g/mol. The summed E-state index contributed by atoms with van der Waals surface area (Å²) >= 11 is 0. The minimum absolute atomic E-state index is 0. The summed E-state index contributed by atoms with van der Waals surface area (Å²) in [5.41, 5.74) is 5.83. The molecule has 0 spiro atoms. The SMILES string of the molecule is CCC(CC)CC1CCCCC(N)=N1.Cl. The second-order valence-electron chi connectivity index (χ2n) is 4.44. The lowest BCUT2D eigenvalue weighted by molar-refractivity contribution is 0.396. The molecule has 2 nitrogen and oxygen atoms in total. The van der Waals surface area contributed by atoms with Gasteiger partial charge in [0, 0.05) is 6.42 Å². The fraction of sp³-hybridized carbons (Fsp3) is 0.917. The van der Waals surface area contributed by atoms with Gasteiger partial charge in [-0.2, -0.15) is 0 Å². The van der Waals surface area contributed by atoms with Crippen molar-refractivity contribution in [1.29, 1.82) is 0 Å². The number of hydrogen-bond donors (Lipinski definition) is 1. The molecule has 90 valence electrons. The molecule has 1 atom stereocenters. The molecule has 1 unspecified atom stereocenters. The van der Waals surface area contributed by atoms with E-state index in [2.05, 4.69) is 18.8 Å². The predicted molar refractivity (Wildman–Crippen MR) is 69.8 cm³/mol. The van der Waals surface area contributed by atoms with E-state index in [1.807, 2.05) is 0 Å². The normalized spacial score (nSPS) is 21.8. The van der Waals surface area contributed by atoms with Crippen LogP contribution in [0.2, 0.25) is 0 Å². The van der Waals surface area contributed by atoms with Crippen LogP contribution in [0.15, 0.2) is 4.99 Å². The average Bonchev–Trinajstić information content (AvgIpc) is 2.39. The zero-order chi connectivity index (χ0) is 10.4. The monoisotopic (exact) mass is 232 g/mol. The van der Waals surface area contributed by atoms with Gasteiger partial charge >= 0.3 is 0 Å². The summed E-state index contributed by atoms with van der Waals surface area (Å²) in [6.07, 6.45) is 8.60. The minimum Gasteiger partial charge on any atom is -0.387 e. The minimum atomic E-state index is 0. The summed E-state index contributed by atoms with van der Waals surface area (Å²) in [6.45, 7) is 4.55. The van der Waals surface area contributed by atoms with Crippen LogP contribution < -0.4 is 5.73 Å². The highest BCUT2D eigenvalue weighted by atomic mass is 35.5. The third-order valence-electron chi connectivity index (χ3n) is 3.33. The van der Waals surface area contributed by atoms with E-state index in [4.69, 9.17) is 5.73 Å². The zero-order valence-corrected chi connectivity index (χ0v) is 10.9. The van der Waals surface area contributed by atoms with Gasteiger partial charge in [0.15, 0.2) is 0 Å². The quantitative estimate of drug-likeness (QED) is 0.791. The molecule has 1 aliphatic heterocycles. The highest BCUT2D eigenvalue weighted by molar-refractivity contribution is 5.85. The Bertz CT molecular complexity index is 188. The number of nitrogens with two attached hydrogens (primary N) is 1. The van der Waals surface area contributed by atoms with Crippen LogP contribution in [0.1, 0.15) is 58.8 Å². The van der Waals surface area contributed by atoms with Crippen molar-refractivity contribution >= 4 is 18.2 Å².